The van der Waals surface area contributed by atoms with Gasteiger partial charge in [-0.15, -0.1) is 0 Å². The lowest BCUT2D eigenvalue weighted by molar-refractivity contribution is 0.102. The second-order valence-electron chi connectivity index (χ2n) is 3.58. The third-order valence-electron chi connectivity index (χ3n) is 2.23. The number of hydrogen-bond donors (Lipinski definition) is 2. The van der Waals surface area contributed by atoms with Crippen molar-refractivity contribution >= 4 is 33.2 Å². The Balaban J connectivity index is 2.21. The number of benzene rings is 1. The van der Waals surface area contributed by atoms with E-state index in [1.807, 2.05) is 0 Å². The number of carbonyl (C=O) groups is 1. The fourth-order valence-corrected chi connectivity index (χ4v) is 1.76. The first kappa shape index (κ1) is 12.5. The standard InChI is InChI=1S/C12H9BrFN3O/c13-8-1-2-11(10(15)4-8)17-12(18)7-3-9(14)6-16-5-7/h1-6H,15H2,(H,17,18). The molecule has 0 aliphatic heterocycles. The Hall–Kier alpha value is -1.95. The van der Waals surface area contributed by atoms with Crippen LogP contribution >= 0.6 is 15.9 Å². The summed E-state index contributed by atoms with van der Waals surface area (Å²) in [7, 11) is 0. The SMILES string of the molecule is Nc1cc(Br)ccc1NC(=O)c1cncc(F)c1. The second kappa shape index (κ2) is 5.14. The van der Waals surface area contributed by atoms with Crippen molar-refractivity contribution in [3.05, 3.63) is 52.5 Å². The van der Waals surface area contributed by atoms with E-state index in [9.17, 15) is 9.18 Å². The summed E-state index contributed by atoms with van der Waals surface area (Å²) in [6, 6.07) is 6.18. The van der Waals surface area contributed by atoms with E-state index in [0.717, 1.165) is 16.7 Å². The molecule has 1 heterocycles. The molecule has 2 aromatic rings. The second-order valence-corrected chi connectivity index (χ2v) is 4.49. The van der Waals surface area contributed by atoms with Gasteiger partial charge in [-0.05, 0) is 24.3 Å². The van der Waals surface area contributed by atoms with Crippen LogP contribution in [0.25, 0.3) is 0 Å². The van der Waals surface area contributed by atoms with Crippen LogP contribution in [0.2, 0.25) is 0 Å². The number of hydrogen-bond acceptors (Lipinski definition) is 3. The molecule has 1 aromatic heterocycles. The maximum atomic E-state index is 12.9. The van der Waals surface area contributed by atoms with Crippen LogP contribution in [0.4, 0.5) is 15.8 Å². The molecule has 0 unspecified atom stereocenters. The lowest BCUT2D eigenvalue weighted by Crippen LogP contribution is -2.13. The normalized spacial score (nSPS) is 10.1. The number of pyridine rings is 1. The monoisotopic (exact) mass is 309 g/mol. The number of anilines is 2. The Morgan fingerprint density at radius 1 is 1.33 bits per heavy atom. The van der Waals surface area contributed by atoms with E-state index in [1.54, 1.807) is 18.2 Å². The van der Waals surface area contributed by atoms with Gasteiger partial charge in [-0.25, -0.2) is 4.39 Å². The van der Waals surface area contributed by atoms with E-state index in [1.165, 1.54) is 6.20 Å². The number of aromatic nitrogens is 1. The van der Waals surface area contributed by atoms with Gasteiger partial charge in [0.05, 0.1) is 23.1 Å². The van der Waals surface area contributed by atoms with Crippen molar-refractivity contribution in [2.45, 2.75) is 0 Å². The maximum Gasteiger partial charge on any atom is 0.257 e. The van der Waals surface area contributed by atoms with E-state index in [2.05, 4.69) is 26.2 Å². The molecule has 3 N–H and O–H groups in total. The van der Waals surface area contributed by atoms with Gasteiger partial charge in [0.1, 0.15) is 5.82 Å². The molecule has 0 fully saturated rings. The Kier molecular flexibility index (Phi) is 3.57. The quantitative estimate of drug-likeness (QED) is 0.838. The topological polar surface area (TPSA) is 68.0 Å². The van der Waals surface area contributed by atoms with Gasteiger partial charge in [-0.2, -0.15) is 0 Å². The fourth-order valence-electron chi connectivity index (χ4n) is 1.38. The van der Waals surface area contributed by atoms with Crippen LogP contribution in [0.3, 0.4) is 0 Å². The van der Waals surface area contributed by atoms with Crippen LogP contribution in [0.15, 0.2) is 41.1 Å². The summed E-state index contributed by atoms with van der Waals surface area (Å²) in [5.74, 6) is -1.03. The predicted molar refractivity (Wildman–Crippen MR) is 70.7 cm³/mol. The van der Waals surface area contributed by atoms with Gasteiger partial charge >= 0.3 is 0 Å². The molecule has 0 aliphatic carbocycles. The molecule has 0 saturated carbocycles. The van der Waals surface area contributed by atoms with E-state index in [-0.39, 0.29) is 5.56 Å². The first-order chi connectivity index (χ1) is 8.56. The van der Waals surface area contributed by atoms with E-state index >= 15 is 0 Å². The predicted octanol–water partition coefficient (Wildman–Crippen LogP) is 2.82. The van der Waals surface area contributed by atoms with Gasteiger partial charge < -0.3 is 11.1 Å². The maximum absolute atomic E-state index is 12.9. The average molecular weight is 310 g/mol. The largest absolute Gasteiger partial charge is 0.397 e. The molecule has 0 atom stereocenters. The summed E-state index contributed by atoms with van der Waals surface area (Å²) >= 11 is 3.26. The number of nitrogens with zero attached hydrogens (tertiary/aromatic N) is 1. The summed E-state index contributed by atoms with van der Waals surface area (Å²) in [4.78, 5) is 15.4. The van der Waals surface area contributed by atoms with Gasteiger partial charge in [0.15, 0.2) is 0 Å². The van der Waals surface area contributed by atoms with E-state index < -0.39 is 11.7 Å². The highest BCUT2D eigenvalue weighted by Gasteiger charge is 2.09. The van der Waals surface area contributed by atoms with Gasteiger partial charge in [-0.3, -0.25) is 9.78 Å². The molecule has 0 bridgehead atoms. The smallest absolute Gasteiger partial charge is 0.257 e. The van der Waals surface area contributed by atoms with Crippen molar-refractivity contribution < 1.29 is 9.18 Å². The fraction of sp³-hybridized carbons (Fsp3) is 0. The summed E-state index contributed by atoms with van der Waals surface area (Å²) in [6.07, 6.45) is 2.32. The molecular formula is C12H9BrFN3O. The molecule has 18 heavy (non-hydrogen) atoms. The van der Waals surface area contributed by atoms with Crippen molar-refractivity contribution in [3.63, 3.8) is 0 Å². The molecule has 2 rings (SSSR count). The van der Waals surface area contributed by atoms with Crippen LogP contribution in [-0.2, 0) is 0 Å². The number of amides is 1. The molecule has 0 spiro atoms. The molecule has 6 heteroatoms. The van der Waals surface area contributed by atoms with Gasteiger partial charge in [0, 0.05) is 10.7 Å². The molecule has 0 radical (unpaired) electrons. The highest BCUT2D eigenvalue weighted by Crippen LogP contribution is 2.23. The number of carbonyl (C=O) groups excluding carboxylic acids is 1. The molecule has 1 amide bonds. The summed E-state index contributed by atoms with van der Waals surface area (Å²) in [6.45, 7) is 0. The average Bonchev–Trinajstić information content (AvgIpc) is 2.32. The van der Waals surface area contributed by atoms with Crippen LogP contribution in [0, 0.1) is 5.82 Å². The summed E-state index contributed by atoms with van der Waals surface area (Å²) in [5.41, 5.74) is 6.76. The Morgan fingerprint density at radius 2 is 2.11 bits per heavy atom. The minimum absolute atomic E-state index is 0.136. The number of rotatable bonds is 2. The zero-order valence-corrected chi connectivity index (χ0v) is 10.7. The first-order valence-corrected chi connectivity index (χ1v) is 5.82. The van der Waals surface area contributed by atoms with Gasteiger partial charge in [0.25, 0.3) is 5.91 Å². The molecule has 1 aromatic carbocycles. The van der Waals surface area contributed by atoms with E-state index in [4.69, 9.17) is 5.73 Å². The van der Waals surface area contributed by atoms with Crippen molar-refractivity contribution in [2.75, 3.05) is 11.1 Å². The Labute approximate surface area is 111 Å². The molecule has 0 saturated heterocycles. The lowest BCUT2D eigenvalue weighted by atomic mass is 10.2. The van der Waals surface area contributed by atoms with Crippen molar-refractivity contribution in [3.8, 4) is 0 Å². The van der Waals surface area contributed by atoms with Crippen LogP contribution in [-0.4, -0.2) is 10.9 Å². The Bertz CT molecular complexity index is 604. The highest BCUT2D eigenvalue weighted by atomic mass is 79.9. The third kappa shape index (κ3) is 2.84. The summed E-state index contributed by atoms with van der Waals surface area (Å²) in [5, 5.41) is 2.59. The van der Waals surface area contributed by atoms with Crippen LogP contribution in [0.5, 0.6) is 0 Å². The number of nitrogens with two attached hydrogens (primary N) is 1. The Morgan fingerprint density at radius 3 is 2.78 bits per heavy atom. The lowest BCUT2D eigenvalue weighted by Gasteiger charge is -2.08. The van der Waals surface area contributed by atoms with Gasteiger partial charge in [-0.1, -0.05) is 15.9 Å². The highest BCUT2D eigenvalue weighted by molar-refractivity contribution is 9.10. The molecular weight excluding hydrogens is 301 g/mol. The first-order valence-electron chi connectivity index (χ1n) is 5.03. The van der Waals surface area contributed by atoms with E-state index in [0.29, 0.717) is 11.4 Å². The van der Waals surface area contributed by atoms with Crippen molar-refractivity contribution in [1.82, 2.24) is 4.98 Å². The van der Waals surface area contributed by atoms with Crippen LogP contribution < -0.4 is 11.1 Å². The zero-order chi connectivity index (χ0) is 13.1. The number of nitrogens with one attached hydrogen (secondary N) is 1. The number of halogens is 2. The third-order valence-corrected chi connectivity index (χ3v) is 2.72. The van der Waals surface area contributed by atoms with Gasteiger partial charge in [0.2, 0.25) is 0 Å². The molecule has 92 valence electrons. The minimum Gasteiger partial charge on any atom is -0.397 e. The van der Waals surface area contributed by atoms with Crippen molar-refractivity contribution in [2.24, 2.45) is 0 Å². The minimum atomic E-state index is -0.563. The van der Waals surface area contributed by atoms with Crippen LogP contribution in [0.1, 0.15) is 10.4 Å². The number of nitrogen functional groups attached to an aromatic ring is 1. The summed E-state index contributed by atoms with van der Waals surface area (Å²) < 4.78 is 13.7. The zero-order valence-electron chi connectivity index (χ0n) is 9.15. The molecule has 0 aliphatic rings. The molecule has 4 nitrogen and oxygen atoms in total. The van der Waals surface area contributed by atoms with Crippen molar-refractivity contribution in [1.29, 1.82) is 0 Å².